The Balaban J connectivity index is 2.07. The van der Waals surface area contributed by atoms with Crippen LogP contribution in [0, 0.1) is 5.82 Å². The summed E-state index contributed by atoms with van der Waals surface area (Å²) in [5, 5.41) is 0. The predicted molar refractivity (Wildman–Crippen MR) is 94.9 cm³/mol. The molecule has 0 unspecified atom stereocenters. The van der Waals surface area contributed by atoms with Crippen LogP contribution in [0.25, 0.3) is 5.57 Å². The smallest absolute Gasteiger partial charge is 0.280 e. The van der Waals surface area contributed by atoms with Crippen LogP contribution >= 0.6 is 0 Å². The van der Waals surface area contributed by atoms with Crippen LogP contribution in [0.3, 0.4) is 0 Å². The van der Waals surface area contributed by atoms with Gasteiger partial charge in [-0.05, 0) is 53.8 Å². The number of rotatable bonds is 3. The predicted octanol–water partition coefficient (Wildman–Crippen LogP) is 2.63. The van der Waals surface area contributed by atoms with Gasteiger partial charge in [0.2, 0.25) is 0 Å². The Morgan fingerprint density at radius 1 is 1.16 bits per heavy atom. The minimum Gasteiger partial charge on any atom is -0.497 e. The molecule has 0 fully saturated rings. The second-order valence-corrected chi connectivity index (χ2v) is 5.72. The number of allylic oxidation sites excluding steroid dienone is 1. The highest BCUT2D eigenvalue weighted by Gasteiger charge is 2.19. The van der Waals surface area contributed by atoms with Crippen molar-refractivity contribution in [3.63, 3.8) is 0 Å². The van der Waals surface area contributed by atoms with Crippen LogP contribution in [0.15, 0.2) is 47.5 Å². The number of hydrogen-bond donors (Lipinski definition) is 2. The molecule has 25 heavy (non-hydrogen) atoms. The Morgan fingerprint density at radius 2 is 1.96 bits per heavy atom. The molecule has 1 amide bonds. The number of aliphatic imine (C=N–C) groups is 1. The second kappa shape index (κ2) is 6.76. The van der Waals surface area contributed by atoms with Crippen LogP contribution in [0.5, 0.6) is 5.75 Å². The minimum atomic E-state index is -0.525. The van der Waals surface area contributed by atoms with Crippen LogP contribution in [-0.4, -0.2) is 19.0 Å². The molecule has 1 aliphatic rings. The molecule has 0 atom stereocenters. The van der Waals surface area contributed by atoms with Crippen molar-refractivity contribution >= 4 is 17.4 Å². The van der Waals surface area contributed by atoms with Crippen molar-refractivity contribution in [3.05, 3.63) is 70.5 Å². The summed E-state index contributed by atoms with van der Waals surface area (Å²) in [6, 6.07) is 9.99. The van der Waals surface area contributed by atoms with E-state index < -0.39 is 5.91 Å². The summed E-state index contributed by atoms with van der Waals surface area (Å²) in [6.07, 6.45) is 3.60. The number of halogens is 1. The normalized spacial score (nSPS) is 12.8. The molecule has 5 nitrogen and oxygen atoms in total. The number of aryl methyl sites for hydroxylation is 1. The number of nitrogens with two attached hydrogens (primary N) is 2. The molecule has 0 aromatic heterocycles. The van der Waals surface area contributed by atoms with Crippen LogP contribution < -0.4 is 16.2 Å². The topological polar surface area (TPSA) is 90.7 Å². The molecule has 6 heteroatoms. The fourth-order valence-corrected chi connectivity index (χ4v) is 2.94. The highest BCUT2D eigenvalue weighted by Crippen LogP contribution is 2.34. The lowest BCUT2D eigenvalue weighted by atomic mass is 9.85. The van der Waals surface area contributed by atoms with Gasteiger partial charge in [0, 0.05) is 17.2 Å². The first-order valence-corrected chi connectivity index (χ1v) is 7.81. The number of carbonyl (C=O) groups excluding carboxylic acids is 1. The van der Waals surface area contributed by atoms with E-state index in [9.17, 15) is 9.18 Å². The van der Waals surface area contributed by atoms with Gasteiger partial charge < -0.3 is 16.2 Å². The van der Waals surface area contributed by atoms with Gasteiger partial charge in [0.25, 0.3) is 5.91 Å². The summed E-state index contributed by atoms with van der Waals surface area (Å²) in [5.74, 6) is -0.739. The Bertz CT molecular complexity index is 900. The zero-order valence-electron chi connectivity index (χ0n) is 13.8. The summed E-state index contributed by atoms with van der Waals surface area (Å²) in [6.45, 7) is 0. The zero-order chi connectivity index (χ0) is 18.0. The lowest BCUT2D eigenvalue weighted by molar-refractivity contribution is 0.100. The Morgan fingerprint density at radius 3 is 2.64 bits per heavy atom. The van der Waals surface area contributed by atoms with E-state index in [1.165, 1.54) is 13.2 Å². The molecular formula is C19H18FN3O2. The van der Waals surface area contributed by atoms with Gasteiger partial charge in [-0.2, -0.15) is 4.99 Å². The van der Waals surface area contributed by atoms with E-state index in [1.807, 2.05) is 12.1 Å². The van der Waals surface area contributed by atoms with Crippen molar-refractivity contribution in [2.75, 3.05) is 7.11 Å². The third-order valence-electron chi connectivity index (χ3n) is 4.11. The molecule has 2 aromatic rings. The molecule has 1 aliphatic carbocycles. The van der Waals surface area contributed by atoms with Crippen molar-refractivity contribution < 1.29 is 13.9 Å². The highest BCUT2D eigenvalue weighted by atomic mass is 19.1. The summed E-state index contributed by atoms with van der Waals surface area (Å²) in [4.78, 5) is 15.6. The number of methoxy groups -OCH3 is 1. The fraction of sp³-hybridized carbons (Fsp3) is 0.158. The number of amides is 1. The summed E-state index contributed by atoms with van der Waals surface area (Å²) in [7, 11) is 1.49. The lowest BCUT2D eigenvalue weighted by Gasteiger charge is -2.19. The molecule has 0 heterocycles. The Hall–Kier alpha value is -3.15. The standard InChI is InChI=1S/C19H18FN3O2/c1-25-13-7-8-15(17(20)10-13)14-4-2-3-11-5-6-12(9-16(11)14)18(24)23-19(21)22/h4-10H,2-3H2,1H3,(H4,21,22,23,24). The van der Waals surface area contributed by atoms with Gasteiger partial charge in [-0.1, -0.05) is 12.1 Å². The first-order valence-electron chi connectivity index (χ1n) is 7.81. The number of hydrogen-bond acceptors (Lipinski definition) is 2. The third-order valence-corrected chi connectivity index (χ3v) is 4.11. The maximum absolute atomic E-state index is 14.5. The number of guanidine groups is 1. The number of fused-ring (bicyclic) bond motifs is 1. The van der Waals surface area contributed by atoms with Crippen molar-refractivity contribution in [3.8, 4) is 5.75 Å². The molecule has 0 bridgehead atoms. The summed E-state index contributed by atoms with van der Waals surface area (Å²) in [5.41, 5.74) is 14.0. The van der Waals surface area contributed by atoms with Gasteiger partial charge >= 0.3 is 0 Å². The molecule has 0 saturated heterocycles. The SMILES string of the molecule is COc1ccc(C2=CCCc3ccc(C(=O)N=C(N)N)cc32)c(F)c1. The molecule has 2 aromatic carbocycles. The van der Waals surface area contributed by atoms with Crippen molar-refractivity contribution in [2.24, 2.45) is 16.5 Å². The number of benzene rings is 2. The van der Waals surface area contributed by atoms with Gasteiger partial charge in [0.15, 0.2) is 5.96 Å². The third kappa shape index (κ3) is 3.38. The monoisotopic (exact) mass is 339 g/mol. The maximum Gasteiger partial charge on any atom is 0.280 e. The molecule has 0 aliphatic heterocycles. The fourth-order valence-electron chi connectivity index (χ4n) is 2.94. The minimum absolute atomic E-state index is 0.292. The van der Waals surface area contributed by atoms with Crippen molar-refractivity contribution in [1.82, 2.24) is 0 Å². The molecule has 3 rings (SSSR count). The van der Waals surface area contributed by atoms with Gasteiger partial charge in [-0.3, -0.25) is 4.79 Å². The van der Waals surface area contributed by atoms with Crippen LogP contribution in [-0.2, 0) is 6.42 Å². The van der Waals surface area contributed by atoms with Gasteiger partial charge in [-0.25, -0.2) is 4.39 Å². The maximum atomic E-state index is 14.5. The van der Waals surface area contributed by atoms with E-state index in [0.29, 0.717) is 16.9 Å². The van der Waals surface area contributed by atoms with E-state index in [1.54, 1.807) is 24.3 Å². The molecule has 0 radical (unpaired) electrons. The first kappa shape index (κ1) is 16.7. The molecule has 0 saturated carbocycles. The van der Waals surface area contributed by atoms with Gasteiger partial charge in [0.1, 0.15) is 11.6 Å². The second-order valence-electron chi connectivity index (χ2n) is 5.72. The first-order chi connectivity index (χ1) is 12.0. The molecule has 128 valence electrons. The van der Waals surface area contributed by atoms with Crippen LogP contribution in [0.2, 0.25) is 0 Å². The summed E-state index contributed by atoms with van der Waals surface area (Å²) >= 11 is 0. The molecule has 4 N–H and O–H groups in total. The highest BCUT2D eigenvalue weighted by molar-refractivity contribution is 6.02. The molecule has 0 spiro atoms. The number of carbonyl (C=O) groups is 1. The van der Waals surface area contributed by atoms with Crippen LogP contribution in [0.1, 0.15) is 33.5 Å². The molecular weight excluding hydrogens is 321 g/mol. The van der Waals surface area contributed by atoms with Crippen LogP contribution in [0.4, 0.5) is 4.39 Å². The average Bonchev–Trinajstić information content (AvgIpc) is 2.60. The quantitative estimate of drug-likeness (QED) is 0.664. The number of nitrogens with zero attached hydrogens (tertiary/aromatic N) is 1. The van der Waals surface area contributed by atoms with E-state index in [2.05, 4.69) is 4.99 Å². The Labute approximate surface area is 144 Å². The van der Waals surface area contributed by atoms with Crippen molar-refractivity contribution in [1.29, 1.82) is 0 Å². The number of ether oxygens (including phenoxy) is 1. The van der Waals surface area contributed by atoms with E-state index in [0.717, 1.165) is 29.5 Å². The van der Waals surface area contributed by atoms with Gasteiger partial charge in [0.05, 0.1) is 7.11 Å². The zero-order valence-corrected chi connectivity index (χ0v) is 13.8. The Kier molecular flexibility index (Phi) is 4.52. The van der Waals surface area contributed by atoms with E-state index in [4.69, 9.17) is 16.2 Å². The average molecular weight is 339 g/mol. The lowest BCUT2D eigenvalue weighted by Crippen LogP contribution is -2.24. The van der Waals surface area contributed by atoms with E-state index >= 15 is 0 Å². The van der Waals surface area contributed by atoms with Gasteiger partial charge in [-0.15, -0.1) is 0 Å². The van der Waals surface area contributed by atoms with Crippen molar-refractivity contribution in [2.45, 2.75) is 12.8 Å². The summed E-state index contributed by atoms with van der Waals surface area (Å²) < 4.78 is 19.6. The van der Waals surface area contributed by atoms with E-state index in [-0.39, 0.29) is 11.8 Å². The largest absolute Gasteiger partial charge is 0.497 e.